The summed E-state index contributed by atoms with van der Waals surface area (Å²) < 4.78 is 0. The summed E-state index contributed by atoms with van der Waals surface area (Å²) in [6.07, 6.45) is 1.72. The van der Waals surface area contributed by atoms with Gasteiger partial charge in [-0.05, 0) is 26.0 Å². The molecule has 11 heavy (non-hydrogen) atoms. The molecule has 0 heterocycles. The first-order chi connectivity index (χ1) is 5.33. The van der Waals surface area contributed by atoms with Crippen LogP contribution in [0.2, 0.25) is 0 Å². The van der Waals surface area contributed by atoms with E-state index in [0.29, 0.717) is 0 Å². The predicted molar refractivity (Wildman–Crippen MR) is 49.0 cm³/mol. The molecule has 0 saturated carbocycles. The monoisotopic (exact) mass is 148 g/mol. The van der Waals surface area contributed by atoms with Gasteiger partial charge in [0.05, 0.1) is 5.69 Å². The van der Waals surface area contributed by atoms with Gasteiger partial charge in [0, 0.05) is 6.21 Å². The van der Waals surface area contributed by atoms with Crippen molar-refractivity contribution in [3.05, 3.63) is 29.8 Å². The van der Waals surface area contributed by atoms with Crippen LogP contribution in [0.4, 0.5) is 5.69 Å². The van der Waals surface area contributed by atoms with Crippen molar-refractivity contribution in [2.24, 2.45) is 5.10 Å². The van der Waals surface area contributed by atoms with Crippen LogP contribution in [-0.4, -0.2) is 6.21 Å². The van der Waals surface area contributed by atoms with Gasteiger partial charge in [-0.2, -0.15) is 5.10 Å². The Morgan fingerprint density at radius 3 is 2.45 bits per heavy atom. The lowest BCUT2D eigenvalue weighted by atomic mass is 10.2. The number of hydrazone groups is 1. The molecule has 0 radical (unpaired) electrons. The lowest BCUT2D eigenvalue weighted by Gasteiger charge is -1.98. The van der Waals surface area contributed by atoms with E-state index in [1.54, 1.807) is 6.21 Å². The number of hydrogen-bond acceptors (Lipinski definition) is 2. The first-order valence-electron chi connectivity index (χ1n) is 3.63. The van der Waals surface area contributed by atoms with Gasteiger partial charge in [-0.15, -0.1) is 0 Å². The first-order valence-corrected chi connectivity index (χ1v) is 3.63. The second-order valence-corrected chi connectivity index (χ2v) is 2.37. The standard InChI is InChI=1S/C9H12N2/c1-3-10-11-9-6-4-8(2)5-7-9/h3-7,11H,1-2H3/b10-3-. The van der Waals surface area contributed by atoms with Crippen molar-refractivity contribution >= 4 is 11.9 Å². The highest BCUT2D eigenvalue weighted by Gasteiger charge is 1.86. The Kier molecular flexibility index (Phi) is 2.66. The van der Waals surface area contributed by atoms with Crippen LogP contribution >= 0.6 is 0 Å². The van der Waals surface area contributed by atoms with E-state index in [0.717, 1.165) is 5.69 Å². The quantitative estimate of drug-likeness (QED) is 0.505. The molecule has 58 valence electrons. The minimum absolute atomic E-state index is 1.02. The molecule has 0 unspecified atom stereocenters. The number of aryl methyl sites for hydroxylation is 1. The molecule has 0 atom stereocenters. The van der Waals surface area contributed by atoms with Gasteiger partial charge < -0.3 is 0 Å². The number of anilines is 1. The zero-order valence-electron chi connectivity index (χ0n) is 6.83. The van der Waals surface area contributed by atoms with Crippen molar-refractivity contribution in [2.45, 2.75) is 13.8 Å². The molecule has 0 aliphatic heterocycles. The van der Waals surface area contributed by atoms with E-state index in [-0.39, 0.29) is 0 Å². The maximum atomic E-state index is 3.90. The fourth-order valence-electron chi connectivity index (χ4n) is 0.767. The molecule has 0 aliphatic rings. The van der Waals surface area contributed by atoms with E-state index in [1.807, 2.05) is 31.2 Å². The van der Waals surface area contributed by atoms with Gasteiger partial charge in [0.25, 0.3) is 0 Å². The van der Waals surface area contributed by atoms with E-state index in [4.69, 9.17) is 0 Å². The zero-order valence-corrected chi connectivity index (χ0v) is 6.83. The lowest BCUT2D eigenvalue weighted by Crippen LogP contribution is -1.86. The highest BCUT2D eigenvalue weighted by atomic mass is 15.3. The highest BCUT2D eigenvalue weighted by Crippen LogP contribution is 2.07. The molecule has 1 N–H and O–H groups in total. The van der Waals surface area contributed by atoms with Crippen molar-refractivity contribution < 1.29 is 0 Å². The molecular weight excluding hydrogens is 136 g/mol. The fraction of sp³-hybridized carbons (Fsp3) is 0.222. The summed E-state index contributed by atoms with van der Waals surface area (Å²) >= 11 is 0. The molecule has 1 aromatic rings. The third kappa shape index (κ3) is 2.42. The summed E-state index contributed by atoms with van der Waals surface area (Å²) in [4.78, 5) is 0. The number of benzene rings is 1. The molecule has 0 spiro atoms. The fourth-order valence-corrected chi connectivity index (χ4v) is 0.767. The van der Waals surface area contributed by atoms with Crippen LogP contribution in [0.1, 0.15) is 12.5 Å². The second kappa shape index (κ2) is 3.76. The van der Waals surface area contributed by atoms with Crippen LogP contribution in [0.15, 0.2) is 29.4 Å². The first kappa shape index (κ1) is 7.79. The van der Waals surface area contributed by atoms with Crippen LogP contribution in [0.5, 0.6) is 0 Å². The van der Waals surface area contributed by atoms with Gasteiger partial charge in [0.15, 0.2) is 0 Å². The highest BCUT2D eigenvalue weighted by molar-refractivity contribution is 5.56. The third-order valence-electron chi connectivity index (χ3n) is 1.37. The average molecular weight is 148 g/mol. The molecule has 2 heteroatoms. The Balaban J connectivity index is 2.66. The van der Waals surface area contributed by atoms with Crippen LogP contribution in [0.25, 0.3) is 0 Å². The summed E-state index contributed by atoms with van der Waals surface area (Å²) in [6, 6.07) is 8.10. The van der Waals surface area contributed by atoms with Gasteiger partial charge in [-0.25, -0.2) is 0 Å². The summed E-state index contributed by atoms with van der Waals surface area (Å²) in [5.74, 6) is 0. The number of rotatable bonds is 2. The third-order valence-corrected chi connectivity index (χ3v) is 1.37. The van der Waals surface area contributed by atoms with Gasteiger partial charge in [-0.3, -0.25) is 5.43 Å². The predicted octanol–water partition coefficient (Wildman–Crippen LogP) is 2.41. The Bertz CT molecular complexity index is 236. The van der Waals surface area contributed by atoms with E-state index in [1.165, 1.54) is 5.56 Å². The van der Waals surface area contributed by atoms with Crippen LogP contribution < -0.4 is 5.43 Å². The van der Waals surface area contributed by atoms with Gasteiger partial charge >= 0.3 is 0 Å². The normalized spacial score (nSPS) is 10.4. The molecule has 0 saturated heterocycles. The van der Waals surface area contributed by atoms with Crippen molar-refractivity contribution in [3.63, 3.8) is 0 Å². The van der Waals surface area contributed by atoms with Crippen molar-refractivity contribution in [1.82, 2.24) is 0 Å². The van der Waals surface area contributed by atoms with E-state index in [9.17, 15) is 0 Å². The minimum atomic E-state index is 1.02. The molecule has 0 amide bonds. The molecule has 0 aromatic heterocycles. The zero-order chi connectivity index (χ0) is 8.10. The number of nitrogens with zero attached hydrogens (tertiary/aromatic N) is 1. The summed E-state index contributed by atoms with van der Waals surface area (Å²) in [7, 11) is 0. The van der Waals surface area contributed by atoms with Crippen molar-refractivity contribution in [2.75, 3.05) is 5.43 Å². The maximum absolute atomic E-state index is 3.90. The second-order valence-electron chi connectivity index (χ2n) is 2.37. The SMILES string of the molecule is C/C=N\Nc1ccc(C)cc1. The lowest BCUT2D eigenvalue weighted by molar-refractivity contribution is 1.33. The molecule has 0 aliphatic carbocycles. The van der Waals surface area contributed by atoms with Gasteiger partial charge in [-0.1, -0.05) is 17.7 Å². The maximum Gasteiger partial charge on any atom is 0.0561 e. The summed E-state index contributed by atoms with van der Waals surface area (Å²) in [5, 5.41) is 3.90. The molecule has 0 bridgehead atoms. The largest absolute Gasteiger partial charge is 0.279 e. The Morgan fingerprint density at radius 1 is 1.27 bits per heavy atom. The number of hydrogen-bond donors (Lipinski definition) is 1. The van der Waals surface area contributed by atoms with Crippen LogP contribution in [-0.2, 0) is 0 Å². The van der Waals surface area contributed by atoms with Crippen molar-refractivity contribution in [1.29, 1.82) is 0 Å². The van der Waals surface area contributed by atoms with Crippen LogP contribution in [0.3, 0.4) is 0 Å². The minimum Gasteiger partial charge on any atom is -0.279 e. The molecule has 1 aromatic carbocycles. The van der Waals surface area contributed by atoms with Crippen LogP contribution in [0, 0.1) is 6.92 Å². The Morgan fingerprint density at radius 2 is 1.91 bits per heavy atom. The Hall–Kier alpha value is -1.31. The summed E-state index contributed by atoms with van der Waals surface area (Å²) in [5.41, 5.74) is 5.17. The summed E-state index contributed by atoms with van der Waals surface area (Å²) in [6.45, 7) is 3.94. The van der Waals surface area contributed by atoms with Gasteiger partial charge in [0.1, 0.15) is 0 Å². The Labute approximate surface area is 66.9 Å². The topological polar surface area (TPSA) is 24.4 Å². The van der Waals surface area contributed by atoms with Gasteiger partial charge in [0.2, 0.25) is 0 Å². The van der Waals surface area contributed by atoms with E-state index < -0.39 is 0 Å². The smallest absolute Gasteiger partial charge is 0.0561 e. The average Bonchev–Trinajstić information content (AvgIpc) is 2.04. The molecule has 1 rings (SSSR count). The molecular formula is C9H12N2. The van der Waals surface area contributed by atoms with E-state index in [2.05, 4.69) is 17.5 Å². The molecule has 0 fully saturated rings. The molecule has 2 nitrogen and oxygen atoms in total. The van der Waals surface area contributed by atoms with Crippen molar-refractivity contribution in [3.8, 4) is 0 Å². The number of nitrogens with one attached hydrogen (secondary N) is 1. The van der Waals surface area contributed by atoms with E-state index >= 15 is 0 Å².